The summed E-state index contributed by atoms with van der Waals surface area (Å²) >= 11 is 7.09. The van der Waals surface area contributed by atoms with E-state index in [1.165, 1.54) is 40.2 Å². The highest BCUT2D eigenvalue weighted by atomic mass is 32.2. The zero-order valence-corrected chi connectivity index (χ0v) is 26.6. The number of ether oxygens (including phenoxy) is 5. The molecule has 1 saturated heterocycles. The van der Waals surface area contributed by atoms with E-state index in [0.29, 0.717) is 38.6 Å². The van der Waals surface area contributed by atoms with Crippen LogP contribution in [0.2, 0.25) is 0 Å². The van der Waals surface area contributed by atoms with Gasteiger partial charge in [-0.2, -0.15) is 0 Å². The molecular formula is C31H37N3O7S2. The van der Waals surface area contributed by atoms with Gasteiger partial charge in [0, 0.05) is 50.1 Å². The van der Waals surface area contributed by atoms with Gasteiger partial charge in [0.1, 0.15) is 10.1 Å². The molecule has 0 aromatic heterocycles. The lowest BCUT2D eigenvalue weighted by atomic mass is 10.1. The Morgan fingerprint density at radius 2 is 1.53 bits per heavy atom. The summed E-state index contributed by atoms with van der Waals surface area (Å²) < 4.78 is 27.8. The van der Waals surface area contributed by atoms with E-state index in [1.807, 2.05) is 18.2 Å². The second-order valence-electron chi connectivity index (χ2n) is 9.60. The van der Waals surface area contributed by atoms with Gasteiger partial charge >= 0.3 is 0 Å². The van der Waals surface area contributed by atoms with Crippen molar-refractivity contribution in [2.75, 3.05) is 77.3 Å². The molecule has 1 fully saturated rings. The number of phenolic OH excluding ortho intramolecular Hbond substituents is 1. The van der Waals surface area contributed by atoms with Crippen molar-refractivity contribution < 1.29 is 33.6 Å². The molecule has 12 heteroatoms. The van der Waals surface area contributed by atoms with E-state index in [-0.39, 0.29) is 24.0 Å². The summed E-state index contributed by atoms with van der Waals surface area (Å²) in [4.78, 5) is 19.8. The fourth-order valence-electron chi connectivity index (χ4n) is 4.81. The van der Waals surface area contributed by atoms with Crippen LogP contribution in [-0.4, -0.2) is 87.7 Å². The molecule has 0 aliphatic carbocycles. The summed E-state index contributed by atoms with van der Waals surface area (Å²) in [5.41, 5.74) is 2.37. The van der Waals surface area contributed by atoms with Crippen molar-refractivity contribution in [1.29, 1.82) is 0 Å². The number of aromatic hydroxyl groups is 1. The third-order valence-corrected chi connectivity index (χ3v) is 8.63. The Morgan fingerprint density at radius 3 is 2.12 bits per heavy atom. The summed E-state index contributed by atoms with van der Waals surface area (Å²) in [6.45, 7) is 3.29. The average Bonchev–Trinajstić information content (AvgIpc) is 3.05. The molecule has 0 radical (unpaired) electrons. The van der Waals surface area contributed by atoms with Gasteiger partial charge in [-0.3, -0.25) is 4.79 Å². The average molecular weight is 628 g/mol. The first-order valence-corrected chi connectivity index (χ1v) is 15.0. The normalized spacial score (nSPS) is 12.9. The molecule has 1 aliphatic rings. The van der Waals surface area contributed by atoms with Crippen LogP contribution in [0, 0.1) is 0 Å². The Labute approximate surface area is 262 Å². The van der Waals surface area contributed by atoms with Gasteiger partial charge in [0.25, 0.3) is 0 Å². The van der Waals surface area contributed by atoms with Crippen molar-refractivity contribution >= 4 is 45.6 Å². The molecule has 3 aromatic rings. The number of benzene rings is 3. The SMILES string of the molecule is COc1cccc(N2CCN(C(=S)SCC(=O)N(Cc3ccc(OC)c(O)c3)c3cc(OC)c(OC)c(OC)c3)CC2)c1. The number of anilines is 2. The fourth-order valence-corrected chi connectivity index (χ4v) is 5.94. The lowest BCUT2D eigenvalue weighted by molar-refractivity contribution is -0.116. The molecule has 0 unspecified atom stereocenters. The summed E-state index contributed by atoms with van der Waals surface area (Å²) in [6.07, 6.45) is 0. The van der Waals surface area contributed by atoms with Gasteiger partial charge in [-0.15, -0.1) is 0 Å². The number of methoxy groups -OCH3 is 5. The van der Waals surface area contributed by atoms with Crippen molar-refractivity contribution in [1.82, 2.24) is 4.90 Å². The van der Waals surface area contributed by atoms with Crippen molar-refractivity contribution in [2.45, 2.75) is 6.54 Å². The first kappa shape index (κ1) is 31.9. The number of carbonyl (C=O) groups excluding carboxylic acids is 1. The van der Waals surface area contributed by atoms with Crippen LogP contribution in [0.4, 0.5) is 11.4 Å². The molecule has 0 saturated carbocycles. The molecule has 1 aliphatic heterocycles. The highest BCUT2D eigenvalue weighted by Gasteiger charge is 2.25. The Balaban J connectivity index is 1.48. The molecule has 3 aromatic carbocycles. The second-order valence-corrected chi connectivity index (χ2v) is 11.2. The number of amides is 1. The Kier molecular flexibility index (Phi) is 11.1. The first-order chi connectivity index (χ1) is 20.8. The Bertz CT molecular complexity index is 1410. The van der Waals surface area contributed by atoms with E-state index in [1.54, 1.807) is 42.3 Å². The number of piperazine rings is 1. The Morgan fingerprint density at radius 1 is 0.860 bits per heavy atom. The topological polar surface area (TPSA) is 93.2 Å². The van der Waals surface area contributed by atoms with E-state index in [2.05, 4.69) is 15.9 Å². The summed E-state index contributed by atoms with van der Waals surface area (Å²) in [5, 5.41) is 10.4. The summed E-state index contributed by atoms with van der Waals surface area (Å²) in [5.74, 6) is 2.37. The van der Waals surface area contributed by atoms with Crippen LogP contribution in [0.15, 0.2) is 54.6 Å². The van der Waals surface area contributed by atoms with E-state index in [4.69, 9.17) is 35.9 Å². The summed E-state index contributed by atoms with van der Waals surface area (Å²) in [6, 6.07) is 16.5. The van der Waals surface area contributed by atoms with Crippen LogP contribution in [0.25, 0.3) is 0 Å². The minimum absolute atomic E-state index is 0.0130. The quantitative estimate of drug-likeness (QED) is 0.297. The van der Waals surface area contributed by atoms with Gasteiger partial charge in [-0.05, 0) is 29.8 Å². The Hall–Kier alpha value is -4.03. The minimum atomic E-state index is -0.174. The lowest BCUT2D eigenvalue weighted by Gasteiger charge is -2.37. The predicted molar refractivity (Wildman–Crippen MR) is 174 cm³/mol. The molecule has 0 bridgehead atoms. The maximum atomic E-state index is 13.8. The zero-order chi connectivity index (χ0) is 30.9. The largest absolute Gasteiger partial charge is 0.504 e. The molecule has 1 amide bonds. The molecule has 4 rings (SSSR count). The van der Waals surface area contributed by atoms with Crippen molar-refractivity contribution in [3.8, 4) is 34.5 Å². The lowest BCUT2D eigenvalue weighted by Crippen LogP contribution is -2.47. The van der Waals surface area contributed by atoms with Gasteiger partial charge in [0.15, 0.2) is 23.0 Å². The number of hydrogen-bond donors (Lipinski definition) is 1. The second kappa shape index (κ2) is 14.9. The van der Waals surface area contributed by atoms with E-state index >= 15 is 0 Å². The standard InChI is InChI=1S/C31H37N3O7S2/c1-37-24-8-6-7-22(16-24)32-11-13-33(14-12-32)31(42)43-20-29(36)34(19-21-9-10-26(38-2)25(35)15-21)23-17-27(39-3)30(41-5)28(18-23)40-4/h6-10,15-18,35H,11-14,19-20H2,1-5H3. The maximum absolute atomic E-state index is 13.8. The molecule has 1 heterocycles. The molecule has 0 spiro atoms. The number of carbonyl (C=O) groups is 1. The monoisotopic (exact) mass is 627 g/mol. The van der Waals surface area contributed by atoms with Crippen LogP contribution >= 0.6 is 24.0 Å². The third-order valence-electron chi connectivity index (χ3n) is 7.12. The third kappa shape index (κ3) is 7.68. The number of phenols is 1. The van der Waals surface area contributed by atoms with Gasteiger partial charge in [0.2, 0.25) is 11.7 Å². The molecule has 0 atom stereocenters. The molecule has 43 heavy (non-hydrogen) atoms. The van der Waals surface area contributed by atoms with Crippen LogP contribution < -0.4 is 33.5 Å². The first-order valence-electron chi connectivity index (χ1n) is 13.6. The number of rotatable bonds is 11. The maximum Gasteiger partial charge on any atom is 0.237 e. The van der Waals surface area contributed by atoms with Crippen molar-refractivity contribution in [2.24, 2.45) is 0 Å². The van der Waals surface area contributed by atoms with Crippen molar-refractivity contribution in [3.63, 3.8) is 0 Å². The van der Waals surface area contributed by atoms with E-state index < -0.39 is 0 Å². The molecular weight excluding hydrogens is 590 g/mol. The van der Waals surface area contributed by atoms with Gasteiger partial charge < -0.3 is 43.5 Å². The smallest absolute Gasteiger partial charge is 0.237 e. The highest BCUT2D eigenvalue weighted by molar-refractivity contribution is 8.23. The van der Waals surface area contributed by atoms with Gasteiger partial charge in [-0.25, -0.2) is 0 Å². The fraction of sp³-hybridized carbons (Fsp3) is 0.355. The molecule has 1 N–H and O–H groups in total. The molecule has 230 valence electrons. The van der Waals surface area contributed by atoms with Crippen LogP contribution in [0.3, 0.4) is 0 Å². The van der Waals surface area contributed by atoms with Crippen LogP contribution in [-0.2, 0) is 11.3 Å². The zero-order valence-electron chi connectivity index (χ0n) is 25.0. The summed E-state index contributed by atoms with van der Waals surface area (Å²) in [7, 11) is 7.72. The minimum Gasteiger partial charge on any atom is -0.504 e. The number of nitrogens with zero attached hydrogens (tertiary/aromatic N) is 3. The van der Waals surface area contributed by atoms with Crippen molar-refractivity contribution in [3.05, 3.63) is 60.2 Å². The predicted octanol–water partition coefficient (Wildman–Crippen LogP) is 4.81. The highest BCUT2D eigenvalue weighted by Crippen LogP contribution is 2.41. The van der Waals surface area contributed by atoms with Crippen LogP contribution in [0.5, 0.6) is 34.5 Å². The van der Waals surface area contributed by atoms with E-state index in [0.717, 1.165) is 37.6 Å². The number of thiocarbonyl (C=S) groups is 1. The van der Waals surface area contributed by atoms with Crippen LogP contribution in [0.1, 0.15) is 5.56 Å². The number of hydrogen-bond acceptors (Lipinski definition) is 10. The number of thioether (sulfide) groups is 1. The van der Waals surface area contributed by atoms with Gasteiger partial charge in [-0.1, -0.05) is 36.1 Å². The van der Waals surface area contributed by atoms with Gasteiger partial charge in [0.05, 0.1) is 53.5 Å². The van der Waals surface area contributed by atoms with E-state index in [9.17, 15) is 9.90 Å². The molecule has 10 nitrogen and oxygen atoms in total.